The van der Waals surface area contributed by atoms with Gasteiger partial charge in [-0.1, -0.05) is 0 Å². The SMILES string of the molecule is CNC(=O)C(CCC=O)N1C(=O)c2ccc(N3CCC(N4CCC(C(=O)Nc5cc(C6CCC(OC(=O)NC(C)C)C6)[nH]n5)CC4)CC3)cc2C1=O. The van der Waals surface area contributed by atoms with Crippen LogP contribution in [-0.4, -0.2) is 113 Å². The quantitative estimate of drug-likeness (QED) is 0.188. The number of nitrogens with one attached hydrogen (secondary N) is 4. The third-order valence-electron chi connectivity index (χ3n) is 10.9. The highest BCUT2D eigenvalue weighted by Crippen LogP contribution is 2.36. The molecular weight excluding hydrogens is 668 g/mol. The summed E-state index contributed by atoms with van der Waals surface area (Å²) >= 11 is 0. The predicted molar refractivity (Wildman–Crippen MR) is 192 cm³/mol. The van der Waals surface area contributed by atoms with Gasteiger partial charge in [-0.2, -0.15) is 5.10 Å². The van der Waals surface area contributed by atoms with E-state index >= 15 is 0 Å². The van der Waals surface area contributed by atoms with E-state index in [1.807, 2.05) is 26.0 Å². The molecule has 4 N–H and O–H groups in total. The number of piperidine rings is 2. The molecule has 0 spiro atoms. The Balaban J connectivity index is 0.953. The standard InChI is InChI=1S/C37H50N8O7/c1-22(2)39-37(51)52-27-8-6-24(19-27)30-21-32(42-41-30)40-33(47)23-10-14-43(15-11-23)25-12-16-44(17-13-25)26-7-9-28-29(20-26)36(50)45(35(28)49)31(5-4-18-46)34(48)38-3/h7,9,18,20-25,27,31H,4-6,8,10-17,19H2,1-3H3,(H,38,48)(H,39,51)(H2,40,41,42,47). The van der Waals surface area contributed by atoms with Gasteiger partial charge in [-0.05, 0) is 96.5 Å². The van der Waals surface area contributed by atoms with E-state index in [1.54, 1.807) is 12.1 Å². The lowest BCUT2D eigenvalue weighted by Crippen LogP contribution is -2.49. The van der Waals surface area contributed by atoms with Crippen molar-refractivity contribution in [2.45, 2.75) is 102 Å². The van der Waals surface area contributed by atoms with Gasteiger partial charge in [0.2, 0.25) is 11.8 Å². The van der Waals surface area contributed by atoms with Crippen LogP contribution in [0.3, 0.4) is 0 Å². The van der Waals surface area contributed by atoms with Gasteiger partial charge in [0.05, 0.1) is 11.1 Å². The Morgan fingerprint density at radius 3 is 2.40 bits per heavy atom. The molecule has 3 unspecified atom stereocenters. The molecule has 0 radical (unpaired) electrons. The molecule has 1 aliphatic carbocycles. The first-order valence-electron chi connectivity index (χ1n) is 18.6. The number of amides is 5. The number of carbonyl (C=O) groups is 6. The fourth-order valence-corrected chi connectivity index (χ4v) is 8.10. The van der Waals surface area contributed by atoms with Gasteiger partial charge in [0.1, 0.15) is 18.4 Å². The normalized spacial score (nSPS) is 22.0. The van der Waals surface area contributed by atoms with Crippen molar-refractivity contribution in [2.75, 3.05) is 43.4 Å². The zero-order valence-corrected chi connectivity index (χ0v) is 30.2. The van der Waals surface area contributed by atoms with E-state index in [0.717, 1.165) is 87.4 Å². The molecule has 3 fully saturated rings. The van der Waals surface area contributed by atoms with Crippen LogP contribution in [0.5, 0.6) is 0 Å². The number of carbonyl (C=O) groups excluding carboxylic acids is 6. The summed E-state index contributed by atoms with van der Waals surface area (Å²) in [5, 5.41) is 15.7. The van der Waals surface area contributed by atoms with Crippen LogP contribution in [0, 0.1) is 5.92 Å². The largest absolute Gasteiger partial charge is 0.446 e. The average Bonchev–Trinajstić information content (AvgIpc) is 3.86. The number of imide groups is 1. The summed E-state index contributed by atoms with van der Waals surface area (Å²) in [4.78, 5) is 80.9. The van der Waals surface area contributed by atoms with Crippen molar-refractivity contribution in [3.63, 3.8) is 0 Å². The van der Waals surface area contributed by atoms with E-state index in [-0.39, 0.29) is 60.0 Å². The van der Waals surface area contributed by atoms with Crippen molar-refractivity contribution in [2.24, 2.45) is 5.92 Å². The van der Waals surface area contributed by atoms with Crippen LogP contribution >= 0.6 is 0 Å². The van der Waals surface area contributed by atoms with Gasteiger partial charge in [-0.3, -0.25) is 29.2 Å². The average molecular weight is 719 g/mol. The van der Waals surface area contributed by atoms with E-state index in [2.05, 4.69) is 35.9 Å². The first-order valence-corrected chi connectivity index (χ1v) is 18.6. The van der Waals surface area contributed by atoms with E-state index in [4.69, 9.17) is 4.74 Å². The topological polar surface area (TPSA) is 186 Å². The van der Waals surface area contributed by atoms with Gasteiger partial charge in [0.25, 0.3) is 11.8 Å². The maximum Gasteiger partial charge on any atom is 0.407 e. The Kier molecular flexibility index (Phi) is 11.6. The lowest BCUT2D eigenvalue weighted by Gasteiger charge is -2.42. The number of hydrogen-bond acceptors (Lipinski definition) is 10. The molecule has 3 atom stereocenters. The molecule has 15 nitrogen and oxygen atoms in total. The number of anilines is 2. The fourth-order valence-electron chi connectivity index (χ4n) is 8.10. The summed E-state index contributed by atoms with van der Waals surface area (Å²) in [6.07, 6.45) is 6.07. The lowest BCUT2D eigenvalue weighted by atomic mass is 9.92. The van der Waals surface area contributed by atoms with E-state index < -0.39 is 23.8 Å². The highest BCUT2D eigenvalue weighted by molar-refractivity contribution is 6.23. The van der Waals surface area contributed by atoms with Crippen LogP contribution in [0.15, 0.2) is 24.3 Å². The Morgan fingerprint density at radius 1 is 0.981 bits per heavy atom. The van der Waals surface area contributed by atoms with Crippen LogP contribution in [0.1, 0.15) is 104 Å². The lowest BCUT2D eigenvalue weighted by molar-refractivity contribution is -0.125. The van der Waals surface area contributed by atoms with Gasteiger partial charge in [-0.25, -0.2) is 4.79 Å². The van der Waals surface area contributed by atoms with E-state index in [0.29, 0.717) is 18.1 Å². The second kappa shape index (κ2) is 16.3. The van der Waals surface area contributed by atoms with Crippen molar-refractivity contribution in [1.29, 1.82) is 0 Å². The molecule has 15 heteroatoms. The zero-order valence-electron chi connectivity index (χ0n) is 30.2. The number of rotatable bonds is 12. The van der Waals surface area contributed by atoms with Crippen LogP contribution in [-0.2, 0) is 19.1 Å². The third kappa shape index (κ3) is 8.14. The number of likely N-dealkylation sites (N-methyl/N-ethyl adjacent to an activating group) is 1. The van der Waals surface area contributed by atoms with Gasteiger partial charge < -0.3 is 35.3 Å². The Hall–Kier alpha value is -4.79. The molecule has 4 aliphatic rings. The van der Waals surface area contributed by atoms with E-state index in [9.17, 15) is 28.8 Å². The number of aromatic nitrogens is 2. The Bertz CT molecular complexity index is 1660. The summed E-state index contributed by atoms with van der Waals surface area (Å²) < 4.78 is 5.55. The van der Waals surface area contributed by atoms with Gasteiger partial charge in [0, 0.05) is 67.9 Å². The number of H-pyrrole nitrogens is 1. The van der Waals surface area contributed by atoms with Crippen LogP contribution in [0.25, 0.3) is 0 Å². The highest BCUT2D eigenvalue weighted by atomic mass is 16.6. The number of fused-ring (bicyclic) bond motifs is 1. The molecule has 3 aliphatic heterocycles. The number of alkyl carbamates (subject to hydrolysis) is 1. The summed E-state index contributed by atoms with van der Waals surface area (Å²) in [6.45, 7) is 7.04. The molecule has 6 rings (SSSR count). The maximum atomic E-state index is 13.4. The molecule has 2 saturated heterocycles. The molecule has 2 aromatic rings. The fraction of sp³-hybridized carbons (Fsp3) is 0.595. The van der Waals surface area contributed by atoms with Gasteiger partial charge >= 0.3 is 6.09 Å². The number of hydrogen-bond donors (Lipinski definition) is 4. The number of ether oxygens (including phenoxy) is 1. The second-order valence-electron chi connectivity index (χ2n) is 14.6. The third-order valence-corrected chi connectivity index (χ3v) is 10.9. The second-order valence-corrected chi connectivity index (χ2v) is 14.6. The Labute approximate surface area is 303 Å². The van der Waals surface area contributed by atoms with Crippen molar-refractivity contribution in [1.82, 2.24) is 30.6 Å². The summed E-state index contributed by atoms with van der Waals surface area (Å²) in [7, 11) is 1.44. The van der Waals surface area contributed by atoms with Crippen molar-refractivity contribution in [3.8, 4) is 0 Å². The molecule has 0 bridgehead atoms. The predicted octanol–water partition coefficient (Wildman–Crippen LogP) is 3.19. The minimum absolute atomic E-state index is 0.0147. The molecular formula is C37H50N8O7. The van der Waals surface area contributed by atoms with Crippen molar-refractivity contribution >= 4 is 47.5 Å². The molecule has 1 saturated carbocycles. The molecule has 5 amide bonds. The summed E-state index contributed by atoms with van der Waals surface area (Å²) in [5.41, 5.74) is 2.34. The molecule has 1 aromatic carbocycles. The van der Waals surface area contributed by atoms with Gasteiger partial charge in [-0.15, -0.1) is 0 Å². The smallest absolute Gasteiger partial charge is 0.407 e. The van der Waals surface area contributed by atoms with Crippen LogP contribution in [0.2, 0.25) is 0 Å². The van der Waals surface area contributed by atoms with Crippen LogP contribution in [0.4, 0.5) is 16.3 Å². The molecule has 280 valence electrons. The maximum absolute atomic E-state index is 13.4. The monoisotopic (exact) mass is 718 g/mol. The number of aromatic amines is 1. The number of benzene rings is 1. The molecule has 52 heavy (non-hydrogen) atoms. The molecule has 4 heterocycles. The minimum Gasteiger partial charge on any atom is -0.446 e. The first kappa shape index (κ1) is 37.0. The van der Waals surface area contributed by atoms with E-state index in [1.165, 1.54) is 7.05 Å². The Morgan fingerprint density at radius 2 is 1.71 bits per heavy atom. The highest BCUT2D eigenvalue weighted by Gasteiger charge is 2.43. The minimum atomic E-state index is -1.04. The number of aldehydes is 1. The van der Waals surface area contributed by atoms with Crippen molar-refractivity contribution in [3.05, 3.63) is 41.1 Å². The van der Waals surface area contributed by atoms with Crippen LogP contribution < -0.4 is 20.9 Å². The zero-order chi connectivity index (χ0) is 36.9. The summed E-state index contributed by atoms with van der Waals surface area (Å²) in [5.74, 6) is -0.909. The van der Waals surface area contributed by atoms with Crippen molar-refractivity contribution < 1.29 is 33.5 Å². The summed E-state index contributed by atoms with van der Waals surface area (Å²) in [6, 6.07) is 6.53. The molecule has 1 aromatic heterocycles. The number of nitrogens with zero attached hydrogens (tertiary/aromatic N) is 4. The number of likely N-dealkylation sites (tertiary alicyclic amines) is 1. The first-order chi connectivity index (χ1) is 25.1. The van der Waals surface area contributed by atoms with Gasteiger partial charge in [0.15, 0.2) is 5.82 Å².